The van der Waals surface area contributed by atoms with Crippen molar-refractivity contribution in [1.82, 2.24) is 5.32 Å². The Morgan fingerprint density at radius 3 is 2.76 bits per heavy atom. The van der Waals surface area contributed by atoms with Crippen molar-refractivity contribution in [2.24, 2.45) is 5.73 Å². The maximum absolute atomic E-state index is 13.4. The van der Waals surface area contributed by atoms with Gasteiger partial charge in [0.2, 0.25) is 5.91 Å². The van der Waals surface area contributed by atoms with Gasteiger partial charge in [0, 0.05) is 30.8 Å². The fourth-order valence-corrected chi connectivity index (χ4v) is 3.09. The molecule has 4 N–H and O–H groups in total. The number of alkyl carbamates (subject to hydrolysis) is 1. The third kappa shape index (κ3) is 4.30. The van der Waals surface area contributed by atoms with E-state index in [1.54, 1.807) is 6.07 Å². The lowest BCUT2D eigenvalue weighted by Crippen LogP contribution is -2.46. The van der Waals surface area contributed by atoms with E-state index in [-0.39, 0.29) is 30.1 Å². The van der Waals surface area contributed by atoms with Crippen LogP contribution in [-0.2, 0) is 16.1 Å². The summed E-state index contributed by atoms with van der Waals surface area (Å²) >= 11 is 5.81. The molecule has 29 heavy (non-hydrogen) atoms. The number of ether oxygens (including phenoxy) is 1. The first kappa shape index (κ1) is 20.6. The Morgan fingerprint density at radius 2 is 2.03 bits per heavy atom. The van der Waals surface area contributed by atoms with Gasteiger partial charge in [-0.25, -0.2) is 9.18 Å². The topological polar surface area (TPSA) is 122 Å². The molecule has 1 aliphatic rings. The maximum Gasteiger partial charge on any atom is 0.410 e. The second-order valence-corrected chi connectivity index (χ2v) is 6.74. The van der Waals surface area contributed by atoms with Crippen LogP contribution in [0.15, 0.2) is 42.5 Å². The van der Waals surface area contributed by atoms with Crippen LogP contribution in [0.2, 0.25) is 5.02 Å². The van der Waals surface area contributed by atoms with Gasteiger partial charge in [0.05, 0.1) is 5.02 Å². The fraction of sp³-hybridized carbons (Fsp3) is 0.211. The van der Waals surface area contributed by atoms with Gasteiger partial charge in [-0.05, 0) is 29.8 Å². The number of hydrogen-bond donors (Lipinski definition) is 3. The molecule has 0 radical (unpaired) electrons. The zero-order valence-electron chi connectivity index (χ0n) is 15.0. The first-order valence-electron chi connectivity index (χ1n) is 8.55. The second kappa shape index (κ2) is 8.06. The fourth-order valence-electron chi connectivity index (χ4n) is 2.89. The van der Waals surface area contributed by atoms with Crippen molar-refractivity contribution in [1.29, 1.82) is 0 Å². The van der Waals surface area contributed by atoms with Gasteiger partial charge in [-0.2, -0.15) is 0 Å². The average molecular weight is 422 g/mol. The number of carbonyl (C=O) groups is 3. The standard InChI is InChI=1S/C19H17ClFN3O5/c20-15-12(4-2-6-14(15)21)10-23-18(27)29-19(28)7-8-24(17(19)26)13-5-1-3-11(9-13)16(22)25/h1-6,9,28H,7-8,10H2,(H2,22,25)(H,23,27). The zero-order chi connectivity index (χ0) is 21.2. The van der Waals surface area contributed by atoms with Gasteiger partial charge in [0.1, 0.15) is 5.82 Å². The third-order valence-electron chi connectivity index (χ3n) is 4.41. The quantitative estimate of drug-likeness (QED) is 0.637. The summed E-state index contributed by atoms with van der Waals surface area (Å²) in [6, 6.07) is 10.1. The molecule has 8 nitrogen and oxygen atoms in total. The molecule has 1 heterocycles. The smallest absolute Gasteiger partial charge is 0.407 e. The second-order valence-electron chi connectivity index (χ2n) is 6.36. The average Bonchev–Trinajstić information content (AvgIpc) is 2.97. The first-order valence-corrected chi connectivity index (χ1v) is 8.93. The van der Waals surface area contributed by atoms with E-state index in [0.717, 1.165) is 0 Å². The molecule has 2 aromatic carbocycles. The van der Waals surface area contributed by atoms with E-state index in [9.17, 15) is 23.9 Å². The summed E-state index contributed by atoms with van der Waals surface area (Å²) in [4.78, 5) is 37.1. The van der Waals surface area contributed by atoms with Crippen molar-refractivity contribution in [3.8, 4) is 0 Å². The molecule has 1 saturated heterocycles. The number of amides is 3. The van der Waals surface area contributed by atoms with Gasteiger partial charge in [-0.15, -0.1) is 0 Å². The lowest BCUT2D eigenvalue weighted by molar-refractivity contribution is -0.175. The van der Waals surface area contributed by atoms with Gasteiger partial charge in [0.25, 0.3) is 11.7 Å². The predicted octanol–water partition coefficient (Wildman–Crippen LogP) is 1.93. The molecule has 152 valence electrons. The van der Waals surface area contributed by atoms with Gasteiger partial charge in [0.15, 0.2) is 0 Å². The van der Waals surface area contributed by atoms with E-state index in [0.29, 0.717) is 11.3 Å². The molecule has 0 spiro atoms. The van der Waals surface area contributed by atoms with Gasteiger partial charge in [-0.3, -0.25) is 9.59 Å². The highest BCUT2D eigenvalue weighted by Gasteiger charge is 2.49. The normalized spacial score (nSPS) is 18.6. The number of nitrogens with one attached hydrogen (secondary N) is 1. The summed E-state index contributed by atoms with van der Waals surface area (Å²) in [5, 5.41) is 12.6. The van der Waals surface area contributed by atoms with Crippen LogP contribution < -0.4 is 16.0 Å². The zero-order valence-corrected chi connectivity index (χ0v) is 15.8. The summed E-state index contributed by atoms with van der Waals surface area (Å²) in [5.74, 6) is -4.55. The van der Waals surface area contributed by atoms with Crippen molar-refractivity contribution < 1.29 is 28.6 Å². The molecule has 2 aromatic rings. The van der Waals surface area contributed by atoms with Crippen LogP contribution in [0.25, 0.3) is 0 Å². The van der Waals surface area contributed by atoms with Crippen LogP contribution in [-0.4, -0.2) is 35.3 Å². The number of primary amides is 1. The largest absolute Gasteiger partial charge is 0.410 e. The van der Waals surface area contributed by atoms with Gasteiger partial charge >= 0.3 is 6.09 Å². The first-order chi connectivity index (χ1) is 13.7. The summed E-state index contributed by atoms with van der Waals surface area (Å²) in [5.41, 5.74) is 6.06. The predicted molar refractivity (Wildman–Crippen MR) is 102 cm³/mol. The van der Waals surface area contributed by atoms with E-state index in [4.69, 9.17) is 22.1 Å². The van der Waals surface area contributed by atoms with Crippen LogP contribution in [0.4, 0.5) is 14.9 Å². The van der Waals surface area contributed by atoms with Gasteiger partial charge < -0.3 is 25.8 Å². The Labute approximate surface area is 170 Å². The van der Waals surface area contributed by atoms with Crippen molar-refractivity contribution in [3.63, 3.8) is 0 Å². The molecule has 1 fully saturated rings. The maximum atomic E-state index is 13.4. The molecule has 0 aliphatic carbocycles. The molecule has 10 heteroatoms. The number of benzene rings is 2. The summed E-state index contributed by atoms with van der Waals surface area (Å²) in [7, 11) is 0. The highest BCUT2D eigenvalue weighted by Crippen LogP contribution is 2.30. The highest BCUT2D eigenvalue weighted by molar-refractivity contribution is 6.31. The minimum absolute atomic E-state index is 0.0561. The molecule has 3 rings (SSSR count). The Balaban J connectivity index is 1.66. The van der Waals surface area contributed by atoms with Gasteiger partial charge in [-0.1, -0.05) is 29.8 Å². The van der Waals surface area contributed by atoms with Crippen molar-refractivity contribution in [2.75, 3.05) is 11.4 Å². The van der Waals surface area contributed by atoms with E-state index < -0.39 is 29.5 Å². The lowest BCUT2D eigenvalue weighted by atomic mass is 10.2. The van der Waals surface area contributed by atoms with Crippen LogP contribution >= 0.6 is 11.6 Å². The number of aliphatic hydroxyl groups is 1. The number of hydrogen-bond acceptors (Lipinski definition) is 5. The summed E-state index contributed by atoms with van der Waals surface area (Å²) in [6.07, 6.45) is -1.25. The lowest BCUT2D eigenvalue weighted by Gasteiger charge is -2.22. The monoisotopic (exact) mass is 421 g/mol. The van der Waals surface area contributed by atoms with Crippen molar-refractivity contribution in [3.05, 3.63) is 64.4 Å². The van der Waals surface area contributed by atoms with Crippen LogP contribution in [0.3, 0.4) is 0 Å². The molecule has 1 aliphatic heterocycles. The number of nitrogens with two attached hydrogens (primary N) is 1. The Kier molecular flexibility index (Phi) is 5.71. The highest BCUT2D eigenvalue weighted by atomic mass is 35.5. The van der Waals surface area contributed by atoms with Crippen molar-refractivity contribution >= 4 is 35.2 Å². The SMILES string of the molecule is NC(=O)c1cccc(N2CCC(O)(OC(=O)NCc3cccc(F)c3Cl)C2=O)c1. The molecule has 0 saturated carbocycles. The Bertz CT molecular complexity index is 986. The number of rotatable bonds is 5. The van der Waals surface area contributed by atoms with Crippen LogP contribution in [0.1, 0.15) is 22.3 Å². The number of halogens is 2. The van der Waals surface area contributed by atoms with Crippen molar-refractivity contribution in [2.45, 2.75) is 18.8 Å². The molecule has 1 atom stereocenters. The van der Waals surface area contributed by atoms with Crippen LogP contribution in [0, 0.1) is 5.82 Å². The molecule has 0 bridgehead atoms. The Morgan fingerprint density at radius 1 is 1.31 bits per heavy atom. The molecule has 1 unspecified atom stereocenters. The third-order valence-corrected chi connectivity index (χ3v) is 4.84. The van der Waals surface area contributed by atoms with E-state index in [1.165, 1.54) is 41.3 Å². The van der Waals surface area contributed by atoms with Crippen LogP contribution in [0.5, 0.6) is 0 Å². The number of carbonyl (C=O) groups excluding carboxylic acids is 3. The van der Waals surface area contributed by atoms with E-state index in [2.05, 4.69) is 5.32 Å². The molecular weight excluding hydrogens is 405 g/mol. The molecule has 3 amide bonds. The molecular formula is C19H17ClFN3O5. The van der Waals surface area contributed by atoms with E-state index >= 15 is 0 Å². The number of nitrogens with zero attached hydrogens (tertiary/aromatic N) is 1. The minimum atomic E-state index is -2.38. The Hall–Kier alpha value is -3.17. The minimum Gasteiger partial charge on any atom is -0.407 e. The number of anilines is 1. The summed E-state index contributed by atoms with van der Waals surface area (Å²) < 4.78 is 18.3. The summed E-state index contributed by atoms with van der Waals surface area (Å²) in [6.45, 7) is -0.107. The molecule has 0 aromatic heterocycles. The van der Waals surface area contributed by atoms with E-state index in [1.807, 2.05) is 0 Å².